The van der Waals surface area contributed by atoms with Crippen LogP contribution < -0.4 is 0 Å². The number of aliphatic imine (C=N–C) groups is 1. The highest BCUT2D eigenvalue weighted by molar-refractivity contribution is 5.80. The molecule has 31 heavy (non-hydrogen) atoms. The Morgan fingerprint density at radius 1 is 0.871 bits per heavy atom. The Morgan fingerprint density at radius 2 is 1.45 bits per heavy atom. The maximum atomic E-state index is 12.8. The molecular formula is C28H31NO2. The number of aryl methyl sites for hydroxylation is 1. The first-order chi connectivity index (χ1) is 14.8. The fourth-order valence-electron chi connectivity index (χ4n) is 3.57. The molecule has 0 N–H and O–H groups in total. The number of carbonyl (C=O) groups excluding carboxylic acids is 1. The predicted molar refractivity (Wildman–Crippen MR) is 128 cm³/mol. The van der Waals surface area contributed by atoms with E-state index in [0.29, 0.717) is 0 Å². The maximum Gasteiger partial charge on any atom is 0.307 e. The van der Waals surface area contributed by atoms with Gasteiger partial charge in [0, 0.05) is 12.1 Å². The third-order valence-corrected chi connectivity index (χ3v) is 5.02. The van der Waals surface area contributed by atoms with E-state index in [9.17, 15) is 4.79 Å². The van der Waals surface area contributed by atoms with Crippen molar-refractivity contribution in [3.05, 3.63) is 107 Å². The molecule has 0 amide bonds. The predicted octanol–water partition coefficient (Wildman–Crippen LogP) is 6.67. The molecule has 0 heterocycles. The van der Waals surface area contributed by atoms with Gasteiger partial charge in [-0.2, -0.15) is 0 Å². The Balaban J connectivity index is 2.02. The van der Waals surface area contributed by atoms with Gasteiger partial charge in [0.2, 0.25) is 0 Å². The SMILES string of the molecule is Cc1ccc([C@H](N=Cc2ccccc2)[C@@H](CC(=O)OC(C)(C)C)c2ccccc2)cc1. The molecule has 0 fully saturated rings. The van der Waals surface area contributed by atoms with Gasteiger partial charge in [0.1, 0.15) is 5.60 Å². The van der Waals surface area contributed by atoms with Crippen molar-refractivity contribution in [2.45, 2.75) is 51.7 Å². The quantitative estimate of drug-likeness (QED) is 0.320. The van der Waals surface area contributed by atoms with Crippen LogP contribution in [0.1, 0.15) is 61.4 Å². The van der Waals surface area contributed by atoms with Gasteiger partial charge in [-0.25, -0.2) is 0 Å². The summed E-state index contributed by atoms with van der Waals surface area (Å²) in [5.41, 5.74) is 3.85. The van der Waals surface area contributed by atoms with Gasteiger partial charge in [-0.3, -0.25) is 9.79 Å². The lowest BCUT2D eigenvalue weighted by Crippen LogP contribution is -2.26. The van der Waals surface area contributed by atoms with Crippen LogP contribution >= 0.6 is 0 Å². The number of hydrogen-bond donors (Lipinski definition) is 0. The zero-order chi connectivity index (χ0) is 22.3. The smallest absolute Gasteiger partial charge is 0.307 e. The number of esters is 1. The first-order valence-corrected chi connectivity index (χ1v) is 10.7. The van der Waals surface area contributed by atoms with Gasteiger partial charge in [-0.1, -0.05) is 90.5 Å². The Kier molecular flexibility index (Phi) is 7.41. The summed E-state index contributed by atoms with van der Waals surface area (Å²) in [6.45, 7) is 7.76. The standard InChI is InChI=1S/C28H31NO2/c1-21-15-17-24(18-16-21)27(29-20-22-11-7-5-8-12-22)25(23-13-9-6-10-14-23)19-26(30)31-28(2,3)4/h5-18,20,25,27H,19H2,1-4H3/t25-,27-/m0/s1. The highest BCUT2D eigenvalue weighted by atomic mass is 16.6. The van der Waals surface area contributed by atoms with E-state index >= 15 is 0 Å². The molecule has 0 spiro atoms. The van der Waals surface area contributed by atoms with Crippen LogP contribution in [0.2, 0.25) is 0 Å². The minimum absolute atomic E-state index is 0.140. The Bertz CT molecular complexity index is 987. The lowest BCUT2D eigenvalue weighted by atomic mass is 9.84. The van der Waals surface area contributed by atoms with Crippen LogP contribution in [0.15, 0.2) is 89.9 Å². The fraction of sp³-hybridized carbons (Fsp3) is 0.286. The van der Waals surface area contributed by atoms with Crippen molar-refractivity contribution in [1.82, 2.24) is 0 Å². The van der Waals surface area contributed by atoms with Crippen molar-refractivity contribution in [2.24, 2.45) is 4.99 Å². The van der Waals surface area contributed by atoms with E-state index < -0.39 is 5.60 Å². The average Bonchev–Trinajstić information content (AvgIpc) is 2.74. The van der Waals surface area contributed by atoms with Crippen LogP contribution in [0.25, 0.3) is 0 Å². The highest BCUT2D eigenvalue weighted by Crippen LogP contribution is 2.37. The summed E-state index contributed by atoms with van der Waals surface area (Å²) >= 11 is 0. The molecule has 160 valence electrons. The van der Waals surface area contributed by atoms with Crippen LogP contribution in [0.3, 0.4) is 0 Å². The molecule has 0 saturated carbocycles. The number of carbonyl (C=O) groups is 1. The van der Waals surface area contributed by atoms with Crippen molar-refractivity contribution < 1.29 is 9.53 Å². The summed E-state index contributed by atoms with van der Waals surface area (Å²) in [7, 11) is 0. The molecule has 0 bridgehead atoms. The van der Waals surface area contributed by atoms with Crippen molar-refractivity contribution in [2.75, 3.05) is 0 Å². The first kappa shape index (κ1) is 22.5. The number of ether oxygens (including phenoxy) is 1. The lowest BCUT2D eigenvalue weighted by molar-refractivity contribution is -0.155. The Labute approximate surface area is 185 Å². The molecule has 3 heteroatoms. The van der Waals surface area contributed by atoms with E-state index in [4.69, 9.17) is 9.73 Å². The van der Waals surface area contributed by atoms with Crippen LogP contribution in [-0.2, 0) is 9.53 Å². The Morgan fingerprint density at radius 3 is 2.03 bits per heavy atom. The molecule has 0 unspecified atom stereocenters. The van der Waals surface area contributed by atoms with Gasteiger partial charge in [0.05, 0.1) is 12.5 Å². The number of rotatable bonds is 7. The minimum atomic E-state index is -0.523. The van der Waals surface area contributed by atoms with E-state index in [1.807, 2.05) is 75.5 Å². The van der Waals surface area contributed by atoms with E-state index in [0.717, 1.165) is 16.7 Å². The maximum absolute atomic E-state index is 12.8. The molecule has 0 radical (unpaired) electrons. The molecule has 0 aliphatic rings. The fourth-order valence-corrected chi connectivity index (χ4v) is 3.57. The van der Waals surface area contributed by atoms with Gasteiger partial charge < -0.3 is 4.74 Å². The monoisotopic (exact) mass is 413 g/mol. The molecule has 3 aromatic carbocycles. The van der Waals surface area contributed by atoms with Crippen LogP contribution in [0.5, 0.6) is 0 Å². The summed E-state index contributed by atoms with van der Waals surface area (Å²) in [6, 6.07) is 28.4. The minimum Gasteiger partial charge on any atom is -0.460 e. The molecule has 3 rings (SSSR count). The van der Waals surface area contributed by atoms with Crippen molar-refractivity contribution in [3.8, 4) is 0 Å². The topological polar surface area (TPSA) is 38.7 Å². The second-order valence-electron chi connectivity index (χ2n) is 8.85. The van der Waals surface area contributed by atoms with Crippen LogP contribution in [0, 0.1) is 6.92 Å². The summed E-state index contributed by atoms with van der Waals surface area (Å²) in [6.07, 6.45) is 2.15. The van der Waals surface area contributed by atoms with Gasteiger partial charge in [0.15, 0.2) is 0 Å². The zero-order valence-electron chi connectivity index (χ0n) is 18.8. The molecule has 2 atom stereocenters. The molecule has 3 aromatic rings. The lowest BCUT2D eigenvalue weighted by Gasteiger charge is -2.27. The molecule has 0 aliphatic carbocycles. The third kappa shape index (κ3) is 6.92. The van der Waals surface area contributed by atoms with Crippen LogP contribution in [-0.4, -0.2) is 17.8 Å². The molecule has 3 nitrogen and oxygen atoms in total. The normalized spacial score (nSPS) is 13.7. The number of nitrogens with zero attached hydrogens (tertiary/aromatic N) is 1. The van der Waals surface area contributed by atoms with E-state index in [1.54, 1.807) is 0 Å². The van der Waals surface area contributed by atoms with Gasteiger partial charge in [-0.05, 0) is 44.4 Å². The Hall–Kier alpha value is -3.20. The molecule has 0 saturated heterocycles. The summed E-state index contributed by atoms with van der Waals surface area (Å²) in [5.74, 6) is -0.355. The van der Waals surface area contributed by atoms with Crippen molar-refractivity contribution >= 4 is 12.2 Å². The van der Waals surface area contributed by atoms with Gasteiger partial charge in [-0.15, -0.1) is 0 Å². The van der Waals surface area contributed by atoms with E-state index in [1.165, 1.54) is 5.56 Å². The second-order valence-corrected chi connectivity index (χ2v) is 8.85. The molecule has 0 aliphatic heterocycles. The van der Waals surface area contributed by atoms with Crippen molar-refractivity contribution in [3.63, 3.8) is 0 Å². The molecular weight excluding hydrogens is 382 g/mol. The van der Waals surface area contributed by atoms with Crippen LogP contribution in [0.4, 0.5) is 0 Å². The largest absolute Gasteiger partial charge is 0.460 e. The van der Waals surface area contributed by atoms with Gasteiger partial charge in [0.25, 0.3) is 0 Å². The number of benzene rings is 3. The summed E-state index contributed by atoms with van der Waals surface area (Å²) in [5, 5.41) is 0. The van der Waals surface area contributed by atoms with Gasteiger partial charge >= 0.3 is 5.97 Å². The van der Waals surface area contributed by atoms with E-state index in [2.05, 4.69) is 43.3 Å². The highest BCUT2D eigenvalue weighted by Gasteiger charge is 2.29. The summed E-state index contributed by atoms with van der Waals surface area (Å²) < 4.78 is 5.67. The van der Waals surface area contributed by atoms with E-state index in [-0.39, 0.29) is 24.3 Å². The zero-order valence-corrected chi connectivity index (χ0v) is 18.8. The summed E-state index contributed by atoms with van der Waals surface area (Å²) in [4.78, 5) is 17.8. The average molecular weight is 414 g/mol. The molecule has 0 aromatic heterocycles. The second kappa shape index (κ2) is 10.2. The third-order valence-electron chi connectivity index (χ3n) is 5.02. The number of hydrogen-bond acceptors (Lipinski definition) is 3. The van der Waals surface area contributed by atoms with Crippen molar-refractivity contribution in [1.29, 1.82) is 0 Å². The first-order valence-electron chi connectivity index (χ1n) is 10.7.